The van der Waals surface area contributed by atoms with E-state index in [1.165, 1.54) is 16.2 Å². The van der Waals surface area contributed by atoms with Gasteiger partial charge in [-0.15, -0.1) is 0 Å². The minimum absolute atomic E-state index is 0.122. The number of hydrogen-bond donors (Lipinski definition) is 2. The maximum absolute atomic E-state index is 11.6. The standard InChI is InChI=1S/C12H14N2O4S/c15-10(14-5-9(6-14)12(17)18)1-3-13-11(16)8-2-4-19-7-8/h2,4,7,9H,1,3,5-6H2,(H,13,16)(H,17,18). The first kappa shape index (κ1) is 13.5. The largest absolute Gasteiger partial charge is 0.481 e. The fourth-order valence-electron chi connectivity index (χ4n) is 1.78. The van der Waals surface area contributed by atoms with Gasteiger partial charge >= 0.3 is 5.97 Å². The van der Waals surface area contributed by atoms with Crippen molar-refractivity contribution in [1.29, 1.82) is 0 Å². The molecular formula is C12H14N2O4S. The van der Waals surface area contributed by atoms with Gasteiger partial charge in [0, 0.05) is 37.0 Å². The highest BCUT2D eigenvalue weighted by molar-refractivity contribution is 7.08. The van der Waals surface area contributed by atoms with Gasteiger partial charge in [-0.2, -0.15) is 11.3 Å². The van der Waals surface area contributed by atoms with Crippen LogP contribution in [0.5, 0.6) is 0 Å². The SMILES string of the molecule is O=C(NCCC(=O)N1CC(C(=O)O)C1)c1ccsc1. The van der Waals surface area contributed by atoms with Gasteiger partial charge in [0.1, 0.15) is 0 Å². The van der Waals surface area contributed by atoms with Crippen molar-refractivity contribution in [2.45, 2.75) is 6.42 Å². The van der Waals surface area contributed by atoms with E-state index in [-0.39, 0.29) is 37.9 Å². The Bertz CT molecular complexity index is 480. The Hall–Kier alpha value is -1.89. The molecule has 1 aromatic heterocycles. The number of nitrogens with one attached hydrogen (secondary N) is 1. The van der Waals surface area contributed by atoms with Crippen LogP contribution in [0, 0.1) is 5.92 Å². The smallest absolute Gasteiger partial charge is 0.310 e. The summed E-state index contributed by atoms with van der Waals surface area (Å²) in [6.45, 7) is 0.807. The quantitative estimate of drug-likeness (QED) is 0.819. The molecule has 6 nitrogen and oxygen atoms in total. The first-order chi connectivity index (χ1) is 9.08. The molecule has 0 bridgehead atoms. The summed E-state index contributed by atoms with van der Waals surface area (Å²) in [5, 5.41) is 14.9. The predicted octanol–water partition coefficient (Wildman–Crippen LogP) is 0.411. The summed E-state index contributed by atoms with van der Waals surface area (Å²) >= 11 is 1.44. The van der Waals surface area contributed by atoms with Gasteiger partial charge < -0.3 is 15.3 Å². The molecule has 19 heavy (non-hydrogen) atoms. The number of aliphatic carboxylic acids is 1. The van der Waals surface area contributed by atoms with Crippen LogP contribution in [-0.2, 0) is 9.59 Å². The van der Waals surface area contributed by atoms with E-state index in [9.17, 15) is 14.4 Å². The van der Waals surface area contributed by atoms with E-state index in [0.717, 1.165) is 0 Å². The van der Waals surface area contributed by atoms with E-state index in [0.29, 0.717) is 5.56 Å². The summed E-state index contributed by atoms with van der Waals surface area (Å²) < 4.78 is 0. The Balaban J connectivity index is 1.65. The number of carboxylic acids is 1. The van der Waals surface area contributed by atoms with Crippen molar-refractivity contribution in [2.24, 2.45) is 5.92 Å². The van der Waals surface area contributed by atoms with Crippen LogP contribution in [0.4, 0.5) is 0 Å². The lowest BCUT2D eigenvalue weighted by Crippen LogP contribution is -2.53. The molecule has 0 aliphatic carbocycles. The highest BCUT2D eigenvalue weighted by Gasteiger charge is 2.35. The monoisotopic (exact) mass is 282 g/mol. The average Bonchev–Trinajstić information content (AvgIpc) is 2.79. The van der Waals surface area contributed by atoms with Crippen molar-refractivity contribution in [3.63, 3.8) is 0 Å². The van der Waals surface area contributed by atoms with Crippen LogP contribution in [0.1, 0.15) is 16.8 Å². The Kier molecular flexibility index (Phi) is 4.16. The second-order valence-electron chi connectivity index (χ2n) is 4.35. The van der Waals surface area contributed by atoms with Crippen molar-refractivity contribution in [2.75, 3.05) is 19.6 Å². The first-order valence-corrected chi connectivity index (χ1v) is 6.83. The molecule has 1 aromatic rings. The number of nitrogens with zero attached hydrogens (tertiary/aromatic N) is 1. The van der Waals surface area contributed by atoms with Gasteiger partial charge in [-0.3, -0.25) is 14.4 Å². The molecule has 7 heteroatoms. The van der Waals surface area contributed by atoms with Crippen molar-refractivity contribution in [3.05, 3.63) is 22.4 Å². The molecule has 1 aliphatic heterocycles. The number of carboxylic acid groups (broad SMARTS) is 1. The zero-order chi connectivity index (χ0) is 13.8. The fraction of sp³-hybridized carbons (Fsp3) is 0.417. The van der Waals surface area contributed by atoms with Crippen LogP contribution in [0.2, 0.25) is 0 Å². The third-order valence-corrected chi connectivity index (χ3v) is 3.67. The van der Waals surface area contributed by atoms with Gasteiger partial charge in [-0.1, -0.05) is 0 Å². The van der Waals surface area contributed by atoms with Crippen LogP contribution in [0.15, 0.2) is 16.8 Å². The van der Waals surface area contributed by atoms with E-state index in [4.69, 9.17) is 5.11 Å². The van der Waals surface area contributed by atoms with Crippen molar-refractivity contribution in [1.82, 2.24) is 10.2 Å². The number of likely N-dealkylation sites (tertiary alicyclic amines) is 1. The molecule has 0 radical (unpaired) electrons. The molecule has 0 spiro atoms. The molecule has 2 N–H and O–H groups in total. The number of rotatable bonds is 5. The molecule has 0 unspecified atom stereocenters. The number of carbonyl (C=O) groups excluding carboxylic acids is 2. The number of carbonyl (C=O) groups is 3. The Morgan fingerprint density at radius 3 is 2.74 bits per heavy atom. The Morgan fingerprint density at radius 1 is 1.42 bits per heavy atom. The van der Waals surface area contributed by atoms with Crippen LogP contribution >= 0.6 is 11.3 Å². The molecule has 2 heterocycles. The molecule has 102 valence electrons. The first-order valence-electron chi connectivity index (χ1n) is 5.89. The van der Waals surface area contributed by atoms with Gasteiger partial charge in [0.2, 0.25) is 5.91 Å². The number of hydrogen-bond acceptors (Lipinski definition) is 4. The van der Waals surface area contributed by atoms with Crippen molar-refractivity contribution >= 4 is 29.1 Å². The summed E-state index contributed by atoms with van der Waals surface area (Å²) in [4.78, 5) is 35.3. The van der Waals surface area contributed by atoms with Crippen LogP contribution in [0.25, 0.3) is 0 Å². The van der Waals surface area contributed by atoms with E-state index < -0.39 is 11.9 Å². The van der Waals surface area contributed by atoms with Crippen LogP contribution in [-0.4, -0.2) is 47.4 Å². The van der Waals surface area contributed by atoms with E-state index in [2.05, 4.69) is 5.32 Å². The van der Waals surface area contributed by atoms with Gasteiger partial charge in [-0.25, -0.2) is 0 Å². The molecular weight excluding hydrogens is 268 g/mol. The lowest BCUT2D eigenvalue weighted by Gasteiger charge is -2.36. The second-order valence-corrected chi connectivity index (χ2v) is 5.13. The van der Waals surface area contributed by atoms with Gasteiger partial charge in [-0.05, 0) is 11.4 Å². The predicted molar refractivity (Wildman–Crippen MR) is 69.0 cm³/mol. The zero-order valence-electron chi connectivity index (χ0n) is 10.2. The van der Waals surface area contributed by atoms with Gasteiger partial charge in [0.25, 0.3) is 5.91 Å². The van der Waals surface area contributed by atoms with Crippen LogP contribution in [0.3, 0.4) is 0 Å². The van der Waals surface area contributed by atoms with E-state index >= 15 is 0 Å². The molecule has 0 aromatic carbocycles. The van der Waals surface area contributed by atoms with Crippen molar-refractivity contribution in [3.8, 4) is 0 Å². The summed E-state index contributed by atoms with van der Waals surface area (Å²) in [6.07, 6.45) is 0.197. The highest BCUT2D eigenvalue weighted by atomic mass is 32.1. The Labute approximate surface area is 114 Å². The molecule has 2 amide bonds. The molecule has 1 saturated heterocycles. The fourth-order valence-corrected chi connectivity index (χ4v) is 2.41. The summed E-state index contributed by atoms with van der Waals surface area (Å²) in [6, 6.07) is 1.72. The minimum atomic E-state index is -0.866. The molecule has 0 saturated carbocycles. The average molecular weight is 282 g/mol. The lowest BCUT2D eigenvalue weighted by molar-refractivity contribution is -0.152. The van der Waals surface area contributed by atoms with Gasteiger partial charge in [0.05, 0.1) is 5.92 Å². The third-order valence-electron chi connectivity index (χ3n) is 2.99. The highest BCUT2D eigenvalue weighted by Crippen LogP contribution is 2.16. The molecule has 1 aliphatic rings. The van der Waals surface area contributed by atoms with Crippen molar-refractivity contribution < 1.29 is 19.5 Å². The van der Waals surface area contributed by atoms with E-state index in [1.807, 2.05) is 5.38 Å². The van der Waals surface area contributed by atoms with E-state index in [1.54, 1.807) is 11.4 Å². The molecule has 1 fully saturated rings. The third kappa shape index (κ3) is 3.31. The lowest BCUT2D eigenvalue weighted by atomic mass is 10.0. The normalized spacial score (nSPS) is 14.8. The Morgan fingerprint density at radius 2 is 2.16 bits per heavy atom. The summed E-state index contributed by atoms with van der Waals surface area (Å²) in [5.74, 6) is -1.62. The minimum Gasteiger partial charge on any atom is -0.481 e. The summed E-state index contributed by atoms with van der Waals surface area (Å²) in [7, 11) is 0. The van der Waals surface area contributed by atoms with Crippen LogP contribution < -0.4 is 5.32 Å². The maximum Gasteiger partial charge on any atom is 0.310 e. The maximum atomic E-state index is 11.6. The molecule has 2 rings (SSSR count). The zero-order valence-corrected chi connectivity index (χ0v) is 11.0. The summed E-state index contributed by atoms with van der Waals surface area (Å²) in [5.41, 5.74) is 0.590. The second kappa shape index (κ2) is 5.83. The number of amides is 2. The van der Waals surface area contributed by atoms with Gasteiger partial charge in [0.15, 0.2) is 0 Å². The topological polar surface area (TPSA) is 86.7 Å². The number of thiophene rings is 1. The molecule has 0 atom stereocenters.